The molecule has 0 aliphatic heterocycles. The number of nitrogens with zero attached hydrogens (tertiary/aromatic N) is 1. The molecule has 0 spiro atoms. The molecule has 1 heterocycles. The molecular weight excluding hydrogens is 299 g/mol. The molecule has 1 aromatic heterocycles. The van der Waals surface area contributed by atoms with Crippen LogP contribution in [0.5, 0.6) is 0 Å². The Bertz CT molecular complexity index is 653. The minimum atomic E-state index is -4.51. The highest BCUT2D eigenvalue weighted by molar-refractivity contribution is 5.91. The molecule has 0 aliphatic rings. The summed E-state index contributed by atoms with van der Waals surface area (Å²) in [4.78, 5) is 11.7. The molecule has 0 saturated heterocycles. The number of para-hydroxylation sites is 1. The first-order valence-corrected chi connectivity index (χ1v) is 6.49. The van der Waals surface area contributed by atoms with Crippen molar-refractivity contribution in [2.45, 2.75) is 19.5 Å². The fourth-order valence-electron chi connectivity index (χ4n) is 1.81. The zero-order valence-corrected chi connectivity index (χ0v) is 11.7. The molecule has 0 aliphatic carbocycles. The fourth-order valence-corrected chi connectivity index (χ4v) is 1.81. The van der Waals surface area contributed by atoms with Gasteiger partial charge in [0.05, 0.1) is 11.3 Å². The zero-order chi connectivity index (χ0) is 16.2. The summed E-state index contributed by atoms with van der Waals surface area (Å²) in [6.45, 7) is 1.95. The molecule has 1 amide bonds. The Morgan fingerprint density at radius 1 is 1.32 bits per heavy atom. The highest BCUT2D eigenvalue weighted by atomic mass is 19.4. The topological polar surface area (TPSA) is 67.2 Å². The van der Waals surface area contributed by atoms with Crippen LogP contribution in [0.25, 0.3) is 0 Å². The quantitative estimate of drug-likeness (QED) is 0.887. The van der Waals surface area contributed by atoms with E-state index in [0.717, 1.165) is 6.07 Å². The maximum atomic E-state index is 12.8. The van der Waals surface area contributed by atoms with Gasteiger partial charge in [0.15, 0.2) is 5.82 Å². The lowest BCUT2D eigenvalue weighted by Crippen LogP contribution is -2.19. The molecule has 118 valence electrons. The van der Waals surface area contributed by atoms with Crippen LogP contribution in [0.2, 0.25) is 0 Å². The van der Waals surface area contributed by atoms with E-state index < -0.39 is 17.6 Å². The molecule has 0 bridgehead atoms. The van der Waals surface area contributed by atoms with Crippen LogP contribution in [0.4, 0.5) is 24.7 Å². The van der Waals surface area contributed by atoms with Gasteiger partial charge in [0.1, 0.15) is 5.76 Å². The van der Waals surface area contributed by atoms with Gasteiger partial charge in [0.25, 0.3) is 0 Å². The summed E-state index contributed by atoms with van der Waals surface area (Å²) in [7, 11) is 0. The Labute approximate surface area is 124 Å². The van der Waals surface area contributed by atoms with Crippen molar-refractivity contribution in [2.24, 2.45) is 0 Å². The smallest absolute Gasteiger partial charge is 0.367 e. The average molecular weight is 313 g/mol. The van der Waals surface area contributed by atoms with E-state index in [1.807, 2.05) is 0 Å². The number of hydrogen-bond donors (Lipinski definition) is 2. The summed E-state index contributed by atoms with van der Waals surface area (Å²) in [6.07, 6.45) is -4.52. The lowest BCUT2D eigenvalue weighted by Gasteiger charge is -2.13. The van der Waals surface area contributed by atoms with Crippen LogP contribution in [-0.2, 0) is 11.0 Å². The van der Waals surface area contributed by atoms with E-state index in [1.54, 1.807) is 13.0 Å². The van der Waals surface area contributed by atoms with Crippen molar-refractivity contribution < 1.29 is 22.5 Å². The third kappa shape index (κ3) is 4.24. The van der Waals surface area contributed by atoms with Crippen molar-refractivity contribution >= 4 is 17.4 Å². The van der Waals surface area contributed by atoms with Crippen molar-refractivity contribution in [1.29, 1.82) is 0 Å². The molecule has 2 rings (SSSR count). The maximum Gasteiger partial charge on any atom is 0.418 e. The lowest BCUT2D eigenvalue weighted by molar-refractivity contribution is -0.137. The molecule has 0 unspecified atom stereocenters. The first kappa shape index (κ1) is 15.9. The summed E-state index contributed by atoms with van der Waals surface area (Å²) in [6, 6.07) is 6.49. The normalized spacial score (nSPS) is 11.3. The van der Waals surface area contributed by atoms with Gasteiger partial charge in [-0.25, -0.2) is 0 Å². The molecular formula is C14H14F3N3O2. The number of aryl methyl sites for hydroxylation is 1. The van der Waals surface area contributed by atoms with Gasteiger partial charge in [-0.3, -0.25) is 4.79 Å². The van der Waals surface area contributed by atoms with Gasteiger partial charge in [0, 0.05) is 19.0 Å². The Morgan fingerprint density at radius 3 is 2.68 bits per heavy atom. The van der Waals surface area contributed by atoms with Crippen LogP contribution >= 0.6 is 0 Å². The number of alkyl halides is 3. The molecule has 2 N–H and O–H groups in total. The summed E-state index contributed by atoms with van der Waals surface area (Å²) in [5, 5.41) is 8.78. The highest BCUT2D eigenvalue weighted by Gasteiger charge is 2.33. The summed E-state index contributed by atoms with van der Waals surface area (Å²) >= 11 is 0. The minimum absolute atomic E-state index is 0.00189. The van der Waals surface area contributed by atoms with E-state index in [1.165, 1.54) is 18.2 Å². The second-order valence-electron chi connectivity index (χ2n) is 4.59. The molecule has 0 radical (unpaired) electrons. The van der Waals surface area contributed by atoms with E-state index >= 15 is 0 Å². The Morgan fingerprint density at radius 2 is 2.05 bits per heavy atom. The van der Waals surface area contributed by atoms with Crippen LogP contribution in [0, 0.1) is 6.92 Å². The van der Waals surface area contributed by atoms with Gasteiger partial charge in [-0.15, -0.1) is 0 Å². The number of amides is 1. The number of nitrogens with one attached hydrogen (secondary N) is 2. The lowest BCUT2D eigenvalue weighted by atomic mass is 10.1. The van der Waals surface area contributed by atoms with E-state index in [2.05, 4.69) is 15.8 Å². The molecule has 22 heavy (non-hydrogen) atoms. The summed E-state index contributed by atoms with van der Waals surface area (Å²) in [5.74, 6) is 0.566. The molecule has 0 fully saturated rings. The van der Waals surface area contributed by atoms with Crippen molar-refractivity contribution in [3.8, 4) is 0 Å². The van der Waals surface area contributed by atoms with Crippen LogP contribution in [0.1, 0.15) is 17.7 Å². The van der Waals surface area contributed by atoms with Crippen LogP contribution in [0.15, 0.2) is 34.9 Å². The minimum Gasteiger partial charge on any atom is -0.367 e. The highest BCUT2D eigenvalue weighted by Crippen LogP contribution is 2.34. The van der Waals surface area contributed by atoms with Gasteiger partial charge in [0.2, 0.25) is 5.91 Å². The van der Waals surface area contributed by atoms with Crippen LogP contribution in [-0.4, -0.2) is 17.6 Å². The number of carbonyl (C=O) groups is 1. The van der Waals surface area contributed by atoms with Gasteiger partial charge < -0.3 is 15.2 Å². The monoisotopic (exact) mass is 313 g/mol. The van der Waals surface area contributed by atoms with Crippen molar-refractivity contribution in [2.75, 3.05) is 17.2 Å². The standard InChI is InChI=1S/C14H14F3N3O2/c1-9-8-12(20-22-9)18-7-6-13(21)19-11-5-3-2-4-10(11)14(15,16)17/h2-5,8H,6-7H2,1H3,(H,18,20)(H,19,21). The van der Waals surface area contributed by atoms with E-state index in [0.29, 0.717) is 11.6 Å². The third-order valence-corrected chi connectivity index (χ3v) is 2.79. The number of benzene rings is 1. The summed E-state index contributed by atoms with van der Waals surface area (Å²) in [5.41, 5.74) is -1.12. The number of carbonyl (C=O) groups excluding carboxylic acids is 1. The number of rotatable bonds is 5. The maximum absolute atomic E-state index is 12.8. The van der Waals surface area contributed by atoms with Crippen LogP contribution in [0.3, 0.4) is 0 Å². The number of halogens is 3. The Balaban J connectivity index is 1.90. The average Bonchev–Trinajstić information content (AvgIpc) is 2.84. The predicted octanol–water partition coefficient (Wildman–Crippen LogP) is 3.44. The largest absolute Gasteiger partial charge is 0.418 e. The molecule has 5 nitrogen and oxygen atoms in total. The van der Waals surface area contributed by atoms with Crippen molar-refractivity contribution in [3.05, 3.63) is 41.7 Å². The zero-order valence-electron chi connectivity index (χ0n) is 11.7. The second-order valence-corrected chi connectivity index (χ2v) is 4.59. The van der Waals surface area contributed by atoms with Gasteiger partial charge in [-0.1, -0.05) is 17.3 Å². The molecule has 1 aromatic carbocycles. The molecule has 8 heteroatoms. The predicted molar refractivity (Wildman–Crippen MR) is 74.4 cm³/mol. The first-order chi connectivity index (χ1) is 10.4. The molecule has 0 saturated carbocycles. The summed E-state index contributed by atoms with van der Waals surface area (Å²) < 4.78 is 43.2. The van der Waals surface area contributed by atoms with E-state index in [4.69, 9.17) is 4.52 Å². The fraction of sp³-hybridized carbons (Fsp3) is 0.286. The molecule has 0 atom stereocenters. The Kier molecular flexibility index (Phi) is 4.69. The van der Waals surface area contributed by atoms with Gasteiger partial charge in [-0.05, 0) is 19.1 Å². The number of aromatic nitrogens is 1. The van der Waals surface area contributed by atoms with Gasteiger partial charge in [-0.2, -0.15) is 13.2 Å². The Hall–Kier alpha value is -2.51. The van der Waals surface area contributed by atoms with Crippen molar-refractivity contribution in [1.82, 2.24) is 5.16 Å². The van der Waals surface area contributed by atoms with E-state index in [-0.39, 0.29) is 18.7 Å². The third-order valence-electron chi connectivity index (χ3n) is 2.79. The second kappa shape index (κ2) is 6.50. The SMILES string of the molecule is Cc1cc(NCCC(=O)Nc2ccccc2C(F)(F)F)no1. The van der Waals surface area contributed by atoms with Gasteiger partial charge >= 0.3 is 6.18 Å². The number of anilines is 2. The first-order valence-electron chi connectivity index (χ1n) is 6.49. The van der Waals surface area contributed by atoms with E-state index in [9.17, 15) is 18.0 Å². The van der Waals surface area contributed by atoms with Crippen LogP contribution < -0.4 is 10.6 Å². The van der Waals surface area contributed by atoms with Crippen molar-refractivity contribution in [3.63, 3.8) is 0 Å². The molecule has 2 aromatic rings. The number of hydrogen-bond acceptors (Lipinski definition) is 4.